The molecule has 0 aliphatic rings. The summed E-state index contributed by atoms with van der Waals surface area (Å²) < 4.78 is 6.58. The van der Waals surface area contributed by atoms with E-state index in [1.165, 1.54) is 6.21 Å². The Morgan fingerprint density at radius 2 is 1.89 bits per heavy atom. The molecule has 0 saturated heterocycles. The monoisotopic (exact) mass is 324 g/mol. The summed E-state index contributed by atoms with van der Waals surface area (Å²) in [6.07, 6.45) is 1.49. The van der Waals surface area contributed by atoms with Crippen LogP contribution in [0.1, 0.15) is 5.56 Å². The van der Waals surface area contributed by atoms with Crippen LogP contribution in [0.15, 0.2) is 52.0 Å². The predicted molar refractivity (Wildman–Crippen MR) is 77.4 cm³/mol. The molecular formula is C13H10BrClN2O. The third-order valence-electron chi connectivity index (χ3n) is 2.26. The Morgan fingerprint density at radius 3 is 2.56 bits per heavy atom. The van der Waals surface area contributed by atoms with Gasteiger partial charge in [-0.25, -0.2) is 0 Å². The largest absolute Gasteiger partial charge is 0.455 e. The second kappa shape index (κ2) is 5.89. The van der Waals surface area contributed by atoms with Gasteiger partial charge in [0.1, 0.15) is 5.75 Å². The molecule has 0 atom stereocenters. The molecule has 3 nitrogen and oxygen atoms in total. The number of hydrogen-bond donors (Lipinski definition) is 1. The summed E-state index contributed by atoms with van der Waals surface area (Å²) in [4.78, 5) is 0. The average Bonchev–Trinajstić information content (AvgIpc) is 2.39. The second-order valence-corrected chi connectivity index (χ2v) is 4.73. The molecule has 2 aromatic rings. The van der Waals surface area contributed by atoms with Crippen molar-refractivity contribution in [2.24, 2.45) is 10.9 Å². The quantitative estimate of drug-likeness (QED) is 0.522. The molecule has 0 aromatic heterocycles. The van der Waals surface area contributed by atoms with E-state index in [4.69, 9.17) is 22.2 Å². The first-order valence-corrected chi connectivity index (χ1v) is 6.33. The zero-order valence-corrected chi connectivity index (χ0v) is 11.6. The van der Waals surface area contributed by atoms with Gasteiger partial charge in [-0.1, -0.05) is 29.8 Å². The van der Waals surface area contributed by atoms with Crippen molar-refractivity contribution < 1.29 is 4.74 Å². The minimum atomic E-state index is 0.497. The van der Waals surface area contributed by atoms with Gasteiger partial charge in [-0.2, -0.15) is 5.10 Å². The van der Waals surface area contributed by atoms with Crippen molar-refractivity contribution in [2.45, 2.75) is 0 Å². The molecule has 5 heteroatoms. The normalized spacial score (nSPS) is 10.8. The Labute approximate surface area is 118 Å². The molecule has 0 aliphatic heterocycles. The van der Waals surface area contributed by atoms with Gasteiger partial charge < -0.3 is 10.6 Å². The predicted octanol–water partition coefficient (Wildman–Crippen LogP) is 4.19. The second-order valence-electron chi connectivity index (χ2n) is 3.47. The summed E-state index contributed by atoms with van der Waals surface area (Å²) in [7, 11) is 0. The van der Waals surface area contributed by atoms with Crippen LogP contribution in [-0.2, 0) is 0 Å². The number of hydrogen-bond acceptors (Lipinski definition) is 3. The maximum absolute atomic E-state index is 6.14. The third kappa shape index (κ3) is 2.83. The van der Waals surface area contributed by atoms with Gasteiger partial charge in [0.05, 0.1) is 16.8 Å². The molecule has 2 rings (SSSR count). The summed E-state index contributed by atoms with van der Waals surface area (Å²) in [5.41, 5.74) is 0.703. The Hall–Kier alpha value is -1.52. The maximum atomic E-state index is 6.14. The first kappa shape index (κ1) is 12.9. The highest BCUT2D eigenvalue weighted by Gasteiger charge is 2.12. The van der Waals surface area contributed by atoms with Crippen LogP contribution in [0.3, 0.4) is 0 Å². The molecule has 0 unspecified atom stereocenters. The van der Waals surface area contributed by atoms with Crippen LogP contribution in [0.5, 0.6) is 11.5 Å². The Morgan fingerprint density at radius 1 is 1.17 bits per heavy atom. The molecule has 0 aliphatic carbocycles. The van der Waals surface area contributed by atoms with Crippen molar-refractivity contribution in [1.29, 1.82) is 0 Å². The van der Waals surface area contributed by atoms with Gasteiger partial charge in [-0.3, -0.25) is 0 Å². The Balaban J connectivity index is 2.46. The topological polar surface area (TPSA) is 47.6 Å². The van der Waals surface area contributed by atoms with E-state index in [9.17, 15) is 0 Å². The van der Waals surface area contributed by atoms with Crippen LogP contribution < -0.4 is 10.6 Å². The number of rotatable bonds is 3. The number of nitrogens with two attached hydrogens (primary N) is 1. The van der Waals surface area contributed by atoms with Crippen LogP contribution in [0.4, 0.5) is 0 Å². The number of ether oxygens (including phenoxy) is 1. The van der Waals surface area contributed by atoms with E-state index in [-0.39, 0.29) is 0 Å². The van der Waals surface area contributed by atoms with Crippen molar-refractivity contribution in [3.8, 4) is 11.5 Å². The number of nitrogens with zero attached hydrogens (tertiary/aromatic N) is 1. The van der Waals surface area contributed by atoms with Gasteiger partial charge in [0.2, 0.25) is 0 Å². The fourth-order valence-corrected chi connectivity index (χ4v) is 2.07. The number of para-hydroxylation sites is 1. The first-order valence-electron chi connectivity index (χ1n) is 5.16. The molecule has 0 bridgehead atoms. The molecule has 0 saturated carbocycles. The molecule has 2 aromatic carbocycles. The summed E-state index contributed by atoms with van der Waals surface area (Å²) in [6, 6.07) is 12.9. The summed E-state index contributed by atoms with van der Waals surface area (Å²) in [6.45, 7) is 0. The van der Waals surface area contributed by atoms with E-state index in [2.05, 4.69) is 21.0 Å². The Bertz CT molecular complexity index is 573. The van der Waals surface area contributed by atoms with Crippen LogP contribution >= 0.6 is 27.5 Å². The van der Waals surface area contributed by atoms with Gasteiger partial charge >= 0.3 is 0 Å². The average molecular weight is 326 g/mol. The van der Waals surface area contributed by atoms with Crippen molar-refractivity contribution >= 4 is 33.7 Å². The lowest BCUT2D eigenvalue weighted by Gasteiger charge is -2.11. The molecule has 0 spiro atoms. The number of halogens is 2. The van der Waals surface area contributed by atoms with E-state index in [0.29, 0.717) is 22.1 Å². The van der Waals surface area contributed by atoms with E-state index in [1.54, 1.807) is 6.07 Å². The highest BCUT2D eigenvalue weighted by molar-refractivity contribution is 9.10. The fourth-order valence-electron chi connectivity index (χ4n) is 1.45. The molecular weight excluding hydrogens is 316 g/mol. The highest BCUT2D eigenvalue weighted by atomic mass is 79.9. The summed E-state index contributed by atoms with van der Waals surface area (Å²) in [5.74, 6) is 6.41. The standard InChI is InChI=1S/C13H10BrClN2O/c14-11-6-7-12(15)13(10(11)8-17-16)18-9-4-2-1-3-5-9/h1-8H,16H2. The highest BCUT2D eigenvalue weighted by Crippen LogP contribution is 2.36. The SMILES string of the molecule is NN=Cc1c(Br)ccc(Cl)c1Oc1ccccc1. The van der Waals surface area contributed by atoms with Crippen LogP contribution in [0, 0.1) is 0 Å². The van der Waals surface area contributed by atoms with Crippen molar-refractivity contribution in [3.05, 3.63) is 57.5 Å². The molecule has 0 fully saturated rings. The number of hydrazone groups is 1. The van der Waals surface area contributed by atoms with Crippen LogP contribution in [0.2, 0.25) is 5.02 Å². The lowest BCUT2D eigenvalue weighted by atomic mass is 10.2. The third-order valence-corrected chi connectivity index (χ3v) is 3.25. The molecule has 2 N–H and O–H groups in total. The van der Waals surface area contributed by atoms with Crippen molar-refractivity contribution in [1.82, 2.24) is 0 Å². The lowest BCUT2D eigenvalue weighted by molar-refractivity contribution is 0.482. The van der Waals surface area contributed by atoms with Gasteiger partial charge in [-0.05, 0) is 40.2 Å². The molecule has 18 heavy (non-hydrogen) atoms. The molecule has 0 heterocycles. The van der Waals surface area contributed by atoms with Crippen LogP contribution in [-0.4, -0.2) is 6.21 Å². The fraction of sp³-hybridized carbons (Fsp3) is 0. The lowest BCUT2D eigenvalue weighted by Crippen LogP contribution is -1.95. The molecule has 0 radical (unpaired) electrons. The van der Waals surface area contributed by atoms with E-state index < -0.39 is 0 Å². The number of benzene rings is 2. The van der Waals surface area contributed by atoms with Gasteiger partial charge in [0.15, 0.2) is 5.75 Å². The summed E-state index contributed by atoms with van der Waals surface area (Å²) >= 11 is 9.55. The molecule has 0 amide bonds. The van der Waals surface area contributed by atoms with E-state index >= 15 is 0 Å². The summed E-state index contributed by atoms with van der Waals surface area (Å²) in [5, 5.41) is 4.01. The van der Waals surface area contributed by atoms with Crippen molar-refractivity contribution in [3.63, 3.8) is 0 Å². The smallest absolute Gasteiger partial charge is 0.155 e. The zero-order chi connectivity index (χ0) is 13.0. The van der Waals surface area contributed by atoms with Gasteiger partial charge in [0, 0.05) is 4.47 Å². The van der Waals surface area contributed by atoms with Crippen LogP contribution in [0.25, 0.3) is 0 Å². The first-order chi connectivity index (χ1) is 8.72. The van der Waals surface area contributed by atoms with Gasteiger partial charge in [-0.15, -0.1) is 0 Å². The minimum absolute atomic E-state index is 0.497. The van der Waals surface area contributed by atoms with E-state index in [1.807, 2.05) is 36.4 Å². The zero-order valence-electron chi connectivity index (χ0n) is 9.31. The molecule has 92 valence electrons. The maximum Gasteiger partial charge on any atom is 0.155 e. The van der Waals surface area contributed by atoms with E-state index in [0.717, 1.165) is 4.47 Å². The van der Waals surface area contributed by atoms with Crippen molar-refractivity contribution in [2.75, 3.05) is 0 Å². The minimum Gasteiger partial charge on any atom is -0.455 e. The van der Waals surface area contributed by atoms with Gasteiger partial charge in [0.25, 0.3) is 0 Å². The Kier molecular flexibility index (Phi) is 4.23.